The summed E-state index contributed by atoms with van der Waals surface area (Å²) >= 11 is 11.4. The Kier molecular flexibility index (Phi) is 6.29. The fourth-order valence-corrected chi connectivity index (χ4v) is 4.60. The Hall–Kier alpha value is -0.110. The minimum absolute atomic E-state index is 0. The van der Waals surface area contributed by atoms with Crippen LogP contribution < -0.4 is 5.32 Å². The number of piperazine rings is 1. The van der Waals surface area contributed by atoms with Crippen molar-refractivity contribution >= 4 is 45.6 Å². The van der Waals surface area contributed by atoms with Crippen molar-refractivity contribution in [3.8, 4) is 0 Å². The molecule has 2 atom stereocenters. The Morgan fingerprint density at radius 1 is 1.33 bits per heavy atom. The van der Waals surface area contributed by atoms with E-state index in [0.29, 0.717) is 13.1 Å². The first-order chi connectivity index (χ1) is 9.25. The van der Waals surface area contributed by atoms with Gasteiger partial charge in [0, 0.05) is 25.2 Å². The topological polar surface area (TPSA) is 49.4 Å². The van der Waals surface area contributed by atoms with Crippen LogP contribution in [0.15, 0.2) is 17.0 Å². The molecule has 0 aromatic heterocycles. The molecule has 0 spiro atoms. The second-order valence-corrected chi connectivity index (χ2v) is 7.55. The molecule has 0 amide bonds. The number of hydrogen-bond acceptors (Lipinski definition) is 3. The zero-order chi connectivity index (χ0) is 15.1. The molecule has 2 unspecified atom stereocenters. The smallest absolute Gasteiger partial charge is 0.245 e. The van der Waals surface area contributed by atoms with Crippen LogP contribution >= 0.6 is 35.6 Å². The molecule has 1 saturated heterocycles. The summed E-state index contributed by atoms with van der Waals surface area (Å²) in [5.74, 6) is -0.912. The van der Waals surface area contributed by atoms with Crippen LogP contribution in [0, 0.1) is 5.82 Å². The van der Waals surface area contributed by atoms with Crippen molar-refractivity contribution in [2.24, 2.45) is 0 Å². The first-order valence-corrected chi connectivity index (χ1v) is 8.33. The van der Waals surface area contributed by atoms with E-state index >= 15 is 0 Å². The van der Waals surface area contributed by atoms with E-state index < -0.39 is 20.9 Å². The number of hydrogen-bond donors (Lipinski definition) is 1. The molecule has 1 fully saturated rings. The predicted molar refractivity (Wildman–Crippen MR) is 84.5 cm³/mol. The lowest BCUT2D eigenvalue weighted by molar-refractivity contribution is 0.244. The molecule has 4 nitrogen and oxygen atoms in total. The zero-order valence-electron chi connectivity index (χ0n) is 11.4. The van der Waals surface area contributed by atoms with Crippen LogP contribution in [0.4, 0.5) is 4.39 Å². The molecule has 1 heterocycles. The number of nitrogens with zero attached hydrogens (tertiary/aromatic N) is 1. The molecule has 21 heavy (non-hydrogen) atoms. The SMILES string of the molecule is CC1CN(S(=O)(=O)c2ccc(Cl)c(F)c2Cl)C(C)CN1.Cl. The Balaban J connectivity index is 0.00000220. The summed E-state index contributed by atoms with van der Waals surface area (Å²) in [4.78, 5) is -0.248. The van der Waals surface area contributed by atoms with Gasteiger partial charge in [-0.15, -0.1) is 12.4 Å². The molecular weight excluding hydrogens is 362 g/mol. The van der Waals surface area contributed by atoms with E-state index in [4.69, 9.17) is 23.2 Å². The van der Waals surface area contributed by atoms with Crippen LogP contribution in [0.25, 0.3) is 0 Å². The molecule has 9 heteroatoms. The quantitative estimate of drug-likeness (QED) is 0.806. The van der Waals surface area contributed by atoms with Gasteiger partial charge in [0.15, 0.2) is 5.82 Å². The van der Waals surface area contributed by atoms with Crippen LogP contribution in [-0.2, 0) is 10.0 Å². The van der Waals surface area contributed by atoms with Crippen molar-refractivity contribution in [3.63, 3.8) is 0 Å². The highest BCUT2D eigenvalue weighted by molar-refractivity contribution is 7.89. The fraction of sp³-hybridized carbons (Fsp3) is 0.500. The molecule has 0 bridgehead atoms. The zero-order valence-corrected chi connectivity index (χ0v) is 14.6. The molecule has 1 aliphatic rings. The van der Waals surface area contributed by atoms with Crippen molar-refractivity contribution in [1.82, 2.24) is 9.62 Å². The molecule has 1 aromatic carbocycles. The number of benzene rings is 1. The van der Waals surface area contributed by atoms with Crippen molar-refractivity contribution in [3.05, 3.63) is 28.0 Å². The lowest BCUT2D eigenvalue weighted by atomic mass is 10.2. The van der Waals surface area contributed by atoms with E-state index in [9.17, 15) is 12.8 Å². The molecule has 2 rings (SSSR count). The van der Waals surface area contributed by atoms with Crippen LogP contribution in [0.3, 0.4) is 0 Å². The van der Waals surface area contributed by atoms with Gasteiger partial charge in [-0.2, -0.15) is 4.31 Å². The monoisotopic (exact) mass is 376 g/mol. The van der Waals surface area contributed by atoms with Gasteiger partial charge in [0.05, 0.1) is 10.0 Å². The van der Waals surface area contributed by atoms with Gasteiger partial charge in [-0.05, 0) is 26.0 Å². The molecule has 0 aliphatic carbocycles. The number of halogens is 4. The minimum atomic E-state index is -3.85. The highest BCUT2D eigenvalue weighted by Crippen LogP contribution is 2.32. The Morgan fingerprint density at radius 3 is 2.57 bits per heavy atom. The minimum Gasteiger partial charge on any atom is -0.311 e. The van der Waals surface area contributed by atoms with Gasteiger partial charge in [-0.3, -0.25) is 0 Å². The third-order valence-corrected chi connectivity index (χ3v) is 6.09. The second-order valence-electron chi connectivity index (χ2n) is 4.91. The largest absolute Gasteiger partial charge is 0.311 e. The third kappa shape index (κ3) is 3.63. The van der Waals surface area contributed by atoms with Crippen LogP contribution in [-0.4, -0.2) is 37.9 Å². The fourth-order valence-electron chi connectivity index (χ4n) is 2.16. The average molecular weight is 378 g/mol. The standard InChI is InChI=1S/C12H15Cl2FN2O2S.ClH/c1-7-6-17(8(2)5-16-7)20(18,19)10-4-3-9(13)12(15)11(10)14;/h3-4,7-8,16H,5-6H2,1-2H3;1H. The summed E-state index contributed by atoms with van der Waals surface area (Å²) in [5, 5.41) is 2.53. The predicted octanol–water partition coefficient (Wildman–Crippen LogP) is 2.93. The first-order valence-electron chi connectivity index (χ1n) is 6.14. The number of sulfonamides is 1. The van der Waals surface area contributed by atoms with Gasteiger partial charge in [0.2, 0.25) is 10.0 Å². The van der Waals surface area contributed by atoms with Crippen molar-refractivity contribution in [2.45, 2.75) is 30.8 Å². The van der Waals surface area contributed by atoms with Crippen LogP contribution in [0.5, 0.6) is 0 Å². The van der Waals surface area contributed by atoms with E-state index in [1.807, 2.05) is 6.92 Å². The summed E-state index contributed by atoms with van der Waals surface area (Å²) in [7, 11) is -3.85. The van der Waals surface area contributed by atoms with Crippen molar-refractivity contribution < 1.29 is 12.8 Å². The maximum Gasteiger partial charge on any atom is 0.245 e. The first kappa shape index (κ1) is 18.9. The van der Waals surface area contributed by atoms with Crippen LogP contribution in [0.1, 0.15) is 13.8 Å². The van der Waals surface area contributed by atoms with Gasteiger partial charge in [-0.1, -0.05) is 23.2 Å². The molecule has 120 valence electrons. The lowest BCUT2D eigenvalue weighted by Gasteiger charge is -2.36. The lowest BCUT2D eigenvalue weighted by Crippen LogP contribution is -2.56. The molecular formula is C12H16Cl3FN2O2S. The van der Waals surface area contributed by atoms with Gasteiger partial charge in [0.1, 0.15) is 4.90 Å². The van der Waals surface area contributed by atoms with E-state index in [1.54, 1.807) is 6.92 Å². The van der Waals surface area contributed by atoms with Gasteiger partial charge in [0.25, 0.3) is 0 Å². The number of nitrogens with one attached hydrogen (secondary N) is 1. The maximum absolute atomic E-state index is 13.7. The van der Waals surface area contributed by atoms with E-state index in [1.165, 1.54) is 16.4 Å². The summed E-state index contributed by atoms with van der Waals surface area (Å²) in [6.45, 7) is 4.52. The third-order valence-electron chi connectivity index (χ3n) is 3.29. The van der Waals surface area contributed by atoms with Crippen molar-refractivity contribution in [1.29, 1.82) is 0 Å². The van der Waals surface area contributed by atoms with E-state index in [0.717, 1.165) is 0 Å². The second kappa shape index (κ2) is 6.98. The Morgan fingerprint density at radius 2 is 1.95 bits per heavy atom. The van der Waals surface area contributed by atoms with Crippen LogP contribution in [0.2, 0.25) is 10.0 Å². The highest BCUT2D eigenvalue weighted by Gasteiger charge is 2.35. The average Bonchev–Trinajstić information content (AvgIpc) is 2.38. The van der Waals surface area contributed by atoms with E-state index in [2.05, 4.69) is 5.32 Å². The molecule has 0 saturated carbocycles. The summed E-state index contributed by atoms with van der Waals surface area (Å²) in [5.41, 5.74) is 0. The summed E-state index contributed by atoms with van der Waals surface area (Å²) < 4.78 is 40.3. The molecule has 1 N–H and O–H groups in total. The maximum atomic E-state index is 13.7. The summed E-state index contributed by atoms with van der Waals surface area (Å²) in [6.07, 6.45) is 0. The van der Waals surface area contributed by atoms with Gasteiger partial charge >= 0.3 is 0 Å². The molecule has 1 aromatic rings. The van der Waals surface area contributed by atoms with Gasteiger partial charge in [-0.25, -0.2) is 12.8 Å². The van der Waals surface area contributed by atoms with Crippen molar-refractivity contribution in [2.75, 3.05) is 13.1 Å². The van der Waals surface area contributed by atoms with E-state index in [-0.39, 0.29) is 34.4 Å². The number of rotatable bonds is 2. The Labute approximate surface area is 140 Å². The normalized spacial score (nSPS) is 23.7. The molecule has 1 aliphatic heterocycles. The highest BCUT2D eigenvalue weighted by atomic mass is 35.5. The van der Waals surface area contributed by atoms with Gasteiger partial charge < -0.3 is 5.32 Å². The summed E-state index contributed by atoms with van der Waals surface area (Å²) in [6, 6.07) is 2.23. The Bertz CT molecular complexity index is 627. The molecule has 0 radical (unpaired) electrons.